The first-order valence-corrected chi connectivity index (χ1v) is 7.63. The van der Waals surface area contributed by atoms with E-state index in [0.29, 0.717) is 17.5 Å². The summed E-state index contributed by atoms with van der Waals surface area (Å²) < 4.78 is 25.1. The first kappa shape index (κ1) is 19.1. The molecule has 0 aliphatic carbocycles. The molecular formula is C18H25FO4. The van der Waals surface area contributed by atoms with Crippen molar-refractivity contribution < 1.29 is 23.5 Å². The Labute approximate surface area is 137 Å². The number of halogens is 1. The molecule has 0 heterocycles. The van der Waals surface area contributed by atoms with E-state index in [9.17, 15) is 9.59 Å². The largest absolute Gasteiger partial charge is 0.465 e. The maximum absolute atomic E-state index is 15.2. The van der Waals surface area contributed by atoms with Gasteiger partial charge in [-0.05, 0) is 51.8 Å². The summed E-state index contributed by atoms with van der Waals surface area (Å²) in [5.74, 6) is -2.12. The van der Waals surface area contributed by atoms with E-state index in [1.807, 2.05) is 0 Å². The van der Waals surface area contributed by atoms with Crippen molar-refractivity contribution >= 4 is 11.9 Å². The molecule has 128 valence electrons. The summed E-state index contributed by atoms with van der Waals surface area (Å²) in [4.78, 5) is 23.9. The van der Waals surface area contributed by atoms with Crippen LogP contribution < -0.4 is 0 Å². The first-order chi connectivity index (χ1) is 10.5. The molecular weight excluding hydrogens is 299 g/mol. The van der Waals surface area contributed by atoms with Gasteiger partial charge in [-0.3, -0.25) is 0 Å². The quantitative estimate of drug-likeness (QED) is 0.767. The zero-order valence-electron chi connectivity index (χ0n) is 14.6. The highest BCUT2D eigenvalue weighted by Crippen LogP contribution is 2.37. The lowest BCUT2D eigenvalue weighted by Crippen LogP contribution is -2.42. The Morgan fingerprint density at radius 2 is 1.83 bits per heavy atom. The lowest BCUT2D eigenvalue weighted by Gasteiger charge is -2.31. The van der Waals surface area contributed by atoms with Crippen LogP contribution in [-0.2, 0) is 14.3 Å². The highest BCUT2D eigenvalue weighted by molar-refractivity contribution is 5.89. The summed E-state index contributed by atoms with van der Waals surface area (Å²) in [7, 11) is 1.28. The van der Waals surface area contributed by atoms with Gasteiger partial charge in [-0.2, -0.15) is 0 Å². The number of methoxy groups -OCH3 is 1. The van der Waals surface area contributed by atoms with Gasteiger partial charge in [0.25, 0.3) is 0 Å². The Morgan fingerprint density at radius 3 is 2.30 bits per heavy atom. The van der Waals surface area contributed by atoms with Crippen LogP contribution in [0.2, 0.25) is 0 Å². The van der Waals surface area contributed by atoms with E-state index in [1.54, 1.807) is 52.0 Å². The van der Waals surface area contributed by atoms with Crippen molar-refractivity contribution in [3.8, 4) is 0 Å². The molecule has 0 N–H and O–H groups in total. The SMILES string of the molecule is CC[C@@H](c1cccc(C(=O)OC)c1)[C@@](C)(F)C(=O)OC(C)(C)C. The van der Waals surface area contributed by atoms with E-state index in [4.69, 9.17) is 4.74 Å². The molecule has 0 aliphatic heterocycles. The predicted molar refractivity (Wildman–Crippen MR) is 86.2 cm³/mol. The lowest BCUT2D eigenvalue weighted by atomic mass is 9.82. The molecule has 0 aliphatic rings. The molecule has 1 rings (SSSR count). The van der Waals surface area contributed by atoms with Crippen LogP contribution in [0.5, 0.6) is 0 Å². The number of ether oxygens (including phenoxy) is 2. The number of carbonyl (C=O) groups excluding carboxylic acids is 2. The molecule has 0 bridgehead atoms. The number of benzene rings is 1. The molecule has 0 spiro atoms. The summed E-state index contributed by atoms with van der Waals surface area (Å²) in [6.45, 7) is 8.09. The molecule has 1 aromatic rings. The number of esters is 2. The zero-order chi connectivity index (χ0) is 17.8. The number of hydrogen-bond acceptors (Lipinski definition) is 4. The number of carbonyl (C=O) groups is 2. The predicted octanol–water partition coefficient (Wildman–Crippen LogP) is 4.04. The minimum absolute atomic E-state index is 0.323. The highest BCUT2D eigenvalue weighted by atomic mass is 19.1. The van der Waals surface area contributed by atoms with Gasteiger partial charge in [0.05, 0.1) is 12.7 Å². The summed E-state index contributed by atoms with van der Waals surface area (Å²) >= 11 is 0. The van der Waals surface area contributed by atoms with Gasteiger partial charge in [-0.1, -0.05) is 19.1 Å². The Kier molecular flexibility index (Phi) is 5.92. The molecule has 5 heteroatoms. The molecule has 2 atom stereocenters. The Bertz CT molecular complexity index is 573. The summed E-state index contributed by atoms with van der Waals surface area (Å²) in [6.07, 6.45) is 0.386. The Hall–Kier alpha value is -1.91. The van der Waals surface area contributed by atoms with Crippen molar-refractivity contribution in [1.29, 1.82) is 0 Å². The second-order valence-electron chi connectivity index (χ2n) is 6.66. The lowest BCUT2D eigenvalue weighted by molar-refractivity contribution is -0.170. The minimum atomic E-state index is -2.20. The summed E-state index contributed by atoms with van der Waals surface area (Å²) in [5, 5.41) is 0. The second-order valence-corrected chi connectivity index (χ2v) is 6.66. The van der Waals surface area contributed by atoms with Crippen LogP contribution in [0.3, 0.4) is 0 Å². The average Bonchev–Trinajstić information content (AvgIpc) is 2.45. The molecule has 0 fully saturated rings. The van der Waals surface area contributed by atoms with Gasteiger partial charge in [0.15, 0.2) is 0 Å². The van der Waals surface area contributed by atoms with Gasteiger partial charge in [0, 0.05) is 5.92 Å². The zero-order valence-corrected chi connectivity index (χ0v) is 14.6. The van der Waals surface area contributed by atoms with Crippen molar-refractivity contribution in [3.63, 3.8) is 0 Å². The summed E-state index contributed by atoms with van der Waals surface area (Å²) in [6, 6.07) is 6.49. The van der Waals surface area contributed by atoms with E-state index in [0.717, 1.165) is 0 Å². The fraction of sp³-hybridized carbons (Fsp3) is 0.556. The maximum atomic E-state index is 15.2. The Morgan fingerprint density at radius 1 is 1.22 bits per heavy atom. The third kappa shape index (κ3) is 4.78. The number of rotatable bonds is 5. The van der Waals surface area contributed by atoms with Gasteiger partial charge in [0.2, 0.25) is 5.67 Å². The van der Waals surface area contributed by atoms with Crippen molar-refractivity contribution in [2.75, 3.05) is 7.11 Å². The van der Waals surface area contributed by atoms with Crippen LogP contribution in [-0.4, -0.2) is 30.3 Å². The molecule has 0 amide bonds. The van der Waals surface area contributed by atoms with Gasteiger partial charge in [-0.25, -0.2) is 14.0 Å². The van der Waals surface area contributed by atoms with Crippen molar-refractivity contribution in [2.24, 2.45) is 0 Å². The average molecular weight is 324 g/mol. The molecule has 1 aromatic carbocycles. The Balaban J connectivity index is 3.16. The fourth-order valence-corrected chi connectivity index (χ4v) is 2.45. The van der Waals surface area contributed by atoms with Crippen LogP contribution in [0, 0.1) is 0 Å². The van der Waals surface area contributed by atoms with E-state index in [-0.39, 0.29) is 0 Å². The van der Waals surface area contributed by atoms with Gasteiger partial charge < -0.3 is 9.47 Å². The van der Waals surface area contributed by atoms with Crippen LogP contribution in [0.4, 0.5) is 4.39 Å². The molecule has 0 unspecified atom stereocenters. The van der Waals surface area contributed by atoms with Gasteiger partial charge in [-0.15, -0.1) is 0 Å². The summed E-state index contributed by atoms with van der Waals surface area (Å²) in [5.41, 5.74) is -2.08. The minimum Gasteiger partial charge on any atom is -0.465 e. The molecule has 0 aromatic heterocycles. The molecule has 4 nitrogen and oxygen atoms in total. The van der Waals surface area contributed by atoms with Crippen LogP contribution in [0.15, 0.2) is 24.3 Å². The highest BCUT2D eigenvalue weighted by Gasteiger charge is 2.44. The third-order valence-corrected chi connectivity index (χ3v) is 3.57. The number of hydrogen-bond donors (Lipinski definition) is 0. The van der Waals surface area contributed by atoms with E-state index >= 15 is 4.39 Å². The van der Waals surface area contributed by atoms with Gasteiger partial charge in [0.1, 0.15) is 5.60 Å². The fourth-order valence-electron chi connectivity index (χ4n) is 2.45. The molecule has 23 heavy (non-hydrogen) atoms. The molecule has 0 saturated heterocycles. The van der Waals surface area contributed by atoms with Gasteiger partial charge >= 0.3 is 11.9 Å². The number of alkyl halides is 1. The van der Waals surface area contributed by atoms with Crippen molar-refractivity contribution in [3.05, 3.63) is 35.4 Å². The van der Waals surface area contributed by atoms with Crippen molar-refractivity contribution in [1.82, 2.24) is 0 Å². The van der Waals surface area contributed by atoms with Crippen LogP contribution in [0.1, 0.15) is 62.9 Å². The van der Waals surface area contributed by atoms with Crippen molar-refractivity contribution in [2.45, 2.75) is 58.2 Å². The standard InChI is InChI=1S/C18H25FO4/c1-7-14(18(5,19)16(21)23-17(2,3)4)12-9-8-10-13(11-12)15(20)22-6/h8-11,14H,7H2,1-6H3/t14-,18+/m0/s1. The van der Waals surface area contributed by atoms with E-state index in [1.165, 1.54) is 14.0 Å². The topological polar surface area (TPSA) is 52.6 Å². The third-order valence-electron chi connectivity index (χ3n) is 3.57. The second kappa shape index (κ2) is 7.11. The monoisotopic (exact) mass is 324 g/mol. The van der Waals surface area contributed by atoms with E-state index in [2.05, 4.69) is 4.74 Å². The normalized spacial score (nSPS) is 15.4. The van der Waals surface area contributed by atoms with Crippen LogP contribution >= 0.6 is 0 Å². The first-order valence-electron chi connectivity index (χ1n) is 7.63. The molecule has 0 saturated carbocycles. The van der Waals surface area contributed by atoms with Crippen LogP contribution in [0.25, 0.3) is 0 Å². The maximum Gasteiger partial charge on any atom is 0.344 e. The molecule has 0 radical (unpaired) electrons. The smallest absolute Gasteiger partial charge is 0.344 e. The van der Waals surface area contributed by atoms with E-state index < -0.39 is 29.1 Å².